The molecule has 0 aliphatic carbocycles. The molecule has 0 saturated heterocycles. The Morgan fingerprint density at radius 3 is 2.71 bits per heavy atom. The third kappa shape index (κ3) is 1.83. The van der Waals surface area contributed by atoms with E-state index >= 15 is 0 Å². The molecule has 1 aliphatic heterocycles. The van der Waals surface area contributed by atoms with E-state index < -0.39 is 11.6 Å². The predicted molar refractivity (Wildman–Crippen MR) is 87.0 cm³/mol. The Morgan fingerprint density at radius 2 is 1.92 bits per heavy atom. The summed E-state index contributed by atoms with van der Waals surface area (Å²) in [6, 6.07) is 13.9. The molecule has 2 aromatic carbocycles. The molecule has 6 nitrogen and oxygen atoms in total. The predicted octanol–water partition coefficient (Wildman–Crippen LogP) is 1.50. The highest BCUT2D eigenvalue weighted by atomic mass is 16.5. The van der Waals surface area contributed by atoms with Gasteiger partial charge in [-0.25, -0.2) is 4.98 Å². The van der Waals surface area contributed by atoms with Crippen LogP contribution in [0.25, 0.3) is 16.6 Å². The first-order chi connectivity index (χ1) is 11.6. The number of fused-ring (bicyclic) bond motifs is 4. The molecule has 1 atom stereocenters. The molecule has 120 valence electrons. The zero-order chi connectivity index (χ0) is 16.9. The van der Waals surface area contributed by atoms with Crippen molar-refractivity contribution in [3.8, 4) is 5.69 Å². The Morgan fingerprint density at radius 1 is 1.21 bits per heavy atom. The van der Waals surface area contributed by atoms with Crippen molar-refractivity contribution in [2.75, 3.05) is 7.11 Å². The monoisotopic (exact) mass is 322 g/mol. The number of hydrogen-bond acceptors (Lipinski definition) is 5. The highest BCUT2D eigenvalue weighted by Gasteiger charge is 2.46. The van der Waals surface area contributed by atoms with Gasteiger partial charge in [0, 0.05) is 5.56 Å². The summed E-state index contributed by atoms with van der Waals surface area (Å²) < 4.78 is 6.09. The van der Waals surface area contributed by atoms with E-state index in [1.165, 1.54) is 11.7 Å². The highest BCUT2D eigenvalue weighted by Crippen LogP contribution is 2.41. The lowest BCUT2D eigenvalue weighted by Gasteiger charge is -2.22. The number of benzene rings is 2. The summed E-state index contributed by atoms with van der Waals surface area (Å²) in [4.78, 5) is 29.2. The maximum Gasteiger partial charge on any atom is 0.309 e. The largest absolute Gasteiger partial charge is 0.469 e. The van der Waals surface area contributed by atoms with Crippen LogP contribution in [0.4, 0.5) is 0 Å². The van der Waals surface area contributed by atoms with Crippen molar-refractivity contribution in [2.45, 2.75) is 12.0 Å². The van der Waals surface area contributed by atoms with Crippen LogP contribution in [0.2, 0.25) is 0 Å². The smallest absolute Gasteiger partial charge is 0.309 e. The molecule has 6 heteroatoms. The molecule has 3 aromatic rings. The fourth-order valence-electron chi connectivity index (χ4n) is 3.23. The molecular weight excluding hydrogens is 308 g/mol. The fraction of sp³-hybridized carbons (Fsp3) is 0.167. The number of ether oxygens (including phenoxy) is 1. The molecule has 0 amide bonds. The van der Waals surface area contributed by atoms with Gasteiger partial charge in [-0.05, 0) is 18.2 Å². The van der Waals surface area contributed by atoms with E-state index in [9.17, 15) is 14.7 Å². The van der Waals surface area contributed by atoms with Crippen LogP contribution in [0, 0.1) is 0 Å². The van der Waals surface area contributed by atoms with Gasteiger partial charge in [0.15, 0.2) is 11.4 Å². The Balaban J connectivity index is 2.10. The molecule has 0 unspecified atom stereocenters. The van der Waals surface area contributed by atoms with Crippen LogP contribution in [-0.4, -0.2) is 27.7 Å². The standard InChI is InChI=1S/C18H14N2O4/c1-24-15(21)10-18(23)12-7-3-5-9-14(12)20-16(22)11-6-2-4-8-13(11)19-17(18)20/h2-9,23H,10H2,1H3/t18-/m0/s1. The lowest BCUT2D eigenvalue weighted by atomic mass is 9.91. The second kappa shape index (κ2) is 5.01. The van der Waals surface area contributed by atoms with Crippen LogP contribution in [-0.2, 0) is 15.1 Å². The van der Waals surface area contributed by atoms with E-state index in [2.05, 4.69) is 4.98 Å². The topological polar surface area (TPSA) is 81.4 Å². The number of aliphatic hydroxyl groups is 1. The number of aromatic nitrogens is 2. The minimum Gasteiger partial charge on any atom is -0.469 e. The van der Waals surface area contributed by atoms with Crippen LogP contribution in [0.3, 0.4) is 0 Å². The zero-order valence-corrected chi connectivity index (χ0v) is 12.9. The first-order valence-corrected chi connectivity index (χ1v) is 7.47. The van der Waals surface area contributed by atoms with Crippen molar-refractivity contribution < 1.29 is 14.6 Å². The van der Waals surface area contributed by atoms with Gasteiger partial charge in [0.25, 0.3) is 5.56 Å². The van der Waals surface area contributed by atoms with Gasteiger partial charge in [-0.3, -0.25) is 14.2 Å². The third-order valence-electron chi connectivity index (χ3n) is 4.36. The second-order valence-corrected chi connectivity index (χ2v) is 5.72. The van der Waals surface area contributed by atoms with Crippen LogP contribution in [0.1, 0.15) is 17.8 Å². The molecule has 1 aromatic heterocycles. The number of para-hydroxylation sites is 2. The maximum absolute atomic E-state index is 12.9. The minimum absolute atomic E-state index is 0.137. The van der Waals surface area contributed by atoms with E-state index in [0.717, 1.165) is 0 Å². The molecule has 2 heterocycles. The number of carbonyl (C=O) groups is 1. The fourth-order valence-corrected chi connectivity index (χ4v) is 3.23. The first-order valence-electron chi connectivity index (χ1n) is 7.47. The average molecular weight is 322 g/mol. The van der Waals surface area contributed by atoms with Gasteiger partial charge in [0.2, 0.25) is 0 Å². The van der Waals surface area contributed by atoms with Gasteiger partial charge in [-0.15, -0.1) is 0 Å². The molecule has 1 aliphatic rings. The summed E-state index contributed by atoms with van der Waals surface area (Å²) >= 11 is 0. The zero-order valence-electron chi connectivity index (χ0n) is 12.9. The maximum atomic E-state index is 12.9. The van der Waals surface area contributed by atoms with E-state index in [1.807, 2.05) is 0 Å². The second-order valence-electron chi connectivity index (χ2n) is 5.72. The Labute approximate surface area is 137 Å². The molecule has 0 saturated carbocycles. The van der Waals surface area contributed by atoms with Gasteiger partial charge in [-0.2, -0.15) is 0 Å². The Bertz CT molecular complexity index is 1040. The number of methoxy groups -OCH3 is 1. The number of rotatable bonds is 2. The van der Waals surface area contributed by atoms with E-state index in [0.29, 0.717) is 22.2 Å². The number of hydrogen-bond donors (Lipinski definition) is 1. The van der Waals surface area contributed by atoms with Gasteiger partial charge >= 0.3 is 5.97 Å². The van der Waals surface area contributed by atoms with Crippen molar-refractivity contribution in [1.82, 2.24) is 9.55 Å². The number of nitrogens with zero attached hydrogens (tertiary/aromatic N) is 2. The van der Waals surface area contributed by atoms with Gasteiger partial charge < -0.3 is 9.84 Å². The molecule has 24 heavy (non-hydrogen) atoms. The molecule has 1 N–H and O–H groups in total. The summed E-state index contributed by atoms with van der Waals surface area (Å²) in [7, 11) is 1.26. The molecule has 0 bridgehead atoms. The molecular formula is C18H14N2O4. The first kappa shape index (κ1) is 14.6. The van der Waals surface area contributed by atoms with Crippen LogP contribution >= 0.6 is 0 Å². The number of esters is 1. The Hall–Kier alpha value is -2.99. The van der Waals surface area contributed by atoms with Gasteiger partial charge in [0.05, 0.1) is 30.1 Å². The summed E-state index contributed by atoms with van der Waals surface area (Å²) in [6.07, 6.45) is -0.314. The van der Waals surface area contributed by atoms with Crippen molar-refractivity contribution in [3.63, 3.8) is 0 Å². The van der Waals surface area contributed by atoms with Gasteiger partial charge in [0.1, 0.15) is 0 Å². The van der Waals surface area contributed by atoms with E-state index in [-0.39, 0.29) is 17.8 Å². The van der Waals surface area contributed by atoms with Crippen LogP contribution in [0.15, 0.2) is 53.3 Å². The van der Waals surface area contributed by atoms with Crippen molar-refractivity contribution in [3.05, 3.63) is 70.3 Å². The summed E-state index contributed by atoms with van der Waals surface area (Å²) in [6.45, 7) is 0. The van der Waals surface area contributed by atoms with Crippen molar-refractivity contribution >= 4 is 16.9 Å². The van der Waals surface area contributed by atoms with Crippen LogP contribution < -0.4 is 5.56 Å². The third-order valence-corrected chi connectivity index (χ3v) is 4.36. The summed E-state index contributed by atoms with van der Waals surface area (Å²) in [5.41, 5.74) is -0.501. The lowest BCUT2D eigenvalue weighted by molar-refractivity contribution is -0.145. The van der Waals surface area contributed by atoms with E-state index in [1.54, 1.807) is 48.5 Å². The minimum atomic E-state index is -1.70. The average Bonchev–Trinajstić information content (AvgIpc) is 2.85. The van der Waals surface area contributed by atoms with Crippen LogP contribution in [0.5, 0.6) is 0 Å². The quantitative estimate of drug-likeness (QED) is 0.723. The Kier molecular flexibility index (Phi) is 3.04. The lowest BCUT2D eigenvalue weighted by Crippen LogP contribution is -2.32. The number of carbonyl (C=O) groups excluding carboxylic acids is 1. The summed E-state index contributed by atoms with van der Waals surface area (Å²) in [5.74, 6) is -0.444. The van der Waals surface area contributed by atoms with Gasteiger partial charge in [-0.1, -0.05) is 30.3 Å². The van der Waals surface area contributed by atoms with Crippen molar-refractivity contribution in [1.29, 1.82) is 0 Å². The molecule has 0 fully saturated rings. The highest BCUT2D eigenvalue weighted by molar-refractivity contribution is 5.80. The molecule has 0 spiro atoms. The SMILES string of the molecule is COC(=O)C[C@]1(O)c2ccccc2-n2c1nc1ccccc1c2=O. The normalized spacial score (nSPS) is 18.2. The van der Waals surface area contributed by atoms with Crippen molar-refractivity contribution in [2.24, 2.45) is 0 Å². The molecule has 0 radical (unpaired) electrons. The van der Waals surface area contributed by atoms with E-state index in [4.69, 9.17) is 4.74 Å². The summed E-state index contributed by atoms with van der Waals surface area (Å²) in [5, 5.41) is 11.7. The molecule has 4 rings (SSSR count).